The first-order valence-corrected chi connectivity index (χ1v) is 7.75. The lowest BCUT2D eigenvalue weighted by Crippen LogP contribution is -2.11. The zero-order valence-corrected chi connectivity index (χ0v) is 12.5. The number of ether oxygens (including phenoxy) is 1. The van der Waals surface area contributed by atoms with Gasteiger partial charge in [-0.2, -0.15) is 0 Å². The van der Waals surface area contributed by atoms with Crippen LogP contribution < -0.4 is 10.5 Å². The van der Waals surface area contributed by atoms with Gasteiger partial charge in [0.15, 0.2) is 0 Å². The highest BCUT2D eigenvalue weighted by Gasteiger charge is 2.09. The minimum absolute atomic E-state index is 0.351. The third kappa shape index (κ3) is 4.04. The van der Waals surface area contributed by atoms with Gasteiger partial charge in [0, 0.05) is 10.7 Å². The van der Waals surface area contributed by atoms with E-state index in [1.807, 2.05) is 24.3 Å². The maximum atomic E-state index is 12.0. The van der Waals surface area contributed by atoms with Crippen LogP contribution in [-0.2, 0) is 10.8 Å². The molecule has 0 amide bonds. The minimum atomic E-state index is -1.24. The van der Waals surface area contributed by atoms with Crippen LogP contribution in [0.5, 0.6) is 5.75 Å². The first-order chi connectivity index (χ1) is 9.16. The summed E-state index contributed by atoms with van der Waals surface area (Å²) in [4.78, 5) is 4.03. The second-order valence-corrected chi connectivity index (χ2v) is 6.15. The molecule has 1 heterocycles. The van der Waals surface area contributed by atoms with Gasteiger partial charge in [0.05, 0.1) is 22.2 Å². The number of benzene rings is 1. The molecule has 1 aromatic carbocycles. The van der Waals surface area contributed by atoms with E-state index in [-0.39, 0.29) is 0 Å². The number of hydrogen-bond donors (Lipinski definition) is 1. The molecule has 2 rings (SSSR count). The zero-order valence-electron chi connectivity index (χ0n) is 10.1. The number of nitrogens with zero attached hydrogens (tertiary/aromatic N) is 1. The van der Waals surface area contributed by atoms with Crippen LogP contribution in [-0.4, -0.2) is 21.6 Å². The number of nitrogen functional groups attached to an aromatic ring is 1. The lowest BCUT2D eigenvalue weighted by atomic mass is 10.3. The van der Waals surface area contributed by atoms with E-state index in [2.05, 4.69) is 20.9 Å². The van der Waals surface area contributed by atoms with Gasteiger partial charge in [-0.25, -0.2) is 4.98 Å². The number of aromatic nitrogens is 1. The number of anilines is 1. The molecule has 0 saturated carbocycles. The van der Waals surface area contributed by atoms with E-state index in [1.165, 1.54) is 0 Å². The highest BCUT2D eigenvalue weighted by atomic mass is 79.9. The summed E-state index contributed by atoms with van der Waals surface area (Å²) in [7, 11) is -1.24. The lowest BCUT2D eigenvalue weighted by molar-refractivity contribution is 0.342. The van der Waals surface area contributed by atoms with Crippen molar-refractivity contribution in [1.29, 1.82) is 0 Å². The second kappa shape index (κ2) is 6.68. The van der Waals surface area contributed by atoms with Crippen molar-refractivity contribution in [3.8, 4) is 5.75 Å². The van der Waals surface area contributed by atoms with Gasteiger partial charge < -0.3 is 10.5 Å². The Bertz CT molecular complexity index is 575. The van der Waals surface area contributed by atoms with E-state index in [0.717, 1.165) is 10.2 Å². The Balaban J connectivity index is 1.88. The molecule has 0 radical (unpaired) electrons. The molecule has 1 aromatic heterocycles. The van der Waals surface area contributed by atoms with E-state index in [1.54, 1.807) is 18.3 Å². The summed E-state index contributed by atoms with van der Waals surface area (Å²) in [5.41, 5.74) is 6.17. The second-order valence-electron chi connectivity index (χ2n) is 3.75. The Morgan fingerprint density at radius 1 is 1.26 bits per heavy atom. The number of hydrogen-bond acceptors (Lipinski definition) is 4. The molecule has 1 atom stereocenters. The van der Waals surface area contributed by atoms with Gasteiger partial charge in [0.2, 0.25) is 0 Å². The van der Waals surface area contributed by atoms with Crippen molar-refractivity contribution in [1.82, 2.24) is 4.98 Å². The van der Waals surface area contributed by atoms with Crippen molar-refractivity contribution in [3.05, 3.63) is 47.1 Å². The highest BCUT2D eigenvalue weighted by molar-refractivity contribution is 9.10. The number of pyridine rings is 1. The average molecular weight is 341 g/mol. The highest BCUT2D eigenvalue weighted by Crippen LogP contribution is 2.16. The fourth-order valence-electron chi connectivity index (χ4n) is 1.46. The van der Waals surface area contributed by atoms with Crippen molar-refractivity contribution in [3.63, 3.8) is 0 Å². The van der Waals surface area contributed by atoms with Crippen molar-refractivity contribution in [2.24, 2.45) is 0 Å². The summed E-state index contributed by atoms with van der Waals surface area (Å²) in [5, 5.41) is 0.418. The van der Waals surface area contributed by atoms with Crippen molar-refractivity contribution < 1.29 is 8.95 Å². The number of halogens is 1. The van der Waals surface area contributed by atoms with Gasteiger partial charge in [-0.15, -0.1) is 0 Å². The quantitative estimate of drug-likeness (QED) is 0.908. The van der Waals surface area contributed by atoms with Crippen molar-refractivity contribution in [2.75, 3.05) is 18.1 Å². The topological polar surface area (TPSA) is 65.2 Å². The molecular weight excluding hydrogens is 328 g/mol. The smallest absolute Gasteiger partial charge is 0.150 e. The number of nitrogens with two attached hydrogens (primary N) is 1. The Morgan fingerprint density at radius 3 is 2.68 bits per heavy atom. The molecule has 2 N–H and O–H groups in total. The van der Waals surface area contributed by atoms with Crippen LogP contribution in [0.25, 0.3) is 0 Å². The van der Waals surface area contributed by atoms with Crippen LogP contribution in [0.2, 0.25) is 0 Å². The SMILES string of the molecule is Nc1cccnc1S(=O)CCOc1ccc(Br)cc1. The third-order valence-corrected chi connectivity index (χ3v) is 4.21. The van der Waals surface area contributed by atoms with E-state index in [9.17, 15) is 4.21 Å². The van der Waals surface area contributed by atoms with Crippen molar-refractivity contribution >= 4 is 32.4 Å². The van der Waals surface area contributed by atoms with Crippen molar-refractivity contribution in [2.45, 2.75) is 5.03 Å². The molecule has 0 spiro atoms. The Labute approximate surface area is 122 Å². The molecule has 6 heteroatoms. The first-order valence-electron chi connectivity index (χ1n) is 5.64. The molecule has 2 aromatic rings. The van der Waals surface area contributed by atoms with Crippen LogP contribution in [0, 0.1) is 0 Å². The van der Waals surface area contributed by atoms with Crippen LogP contribution in [0.3, 0.4) is 0 Å². The fourth-order valence-corrected chi connectivity index (χ4v) is 2.66. The molecule has 0 fully saturated rings. The first kappa shape index (κ1) is 14.0. The molecule has 1 unspecified atom stereocenters. The van der Waals surface area contributed by atoms with Gasteiger partial charge in [-0.3, -0.25) is 4.21 Å². The van der Waals surface area contributed by atoms with E-state index in [0.29, 0.717) is 23.1 Å². The van der Waals surface area contributed by atoms with Crippen LogP contribution in [0.15, 0.2) is 52.1 Å². The van der Waals surface area contributed by atoms with E-state index in [4.69, 9.17) is 10.5 Å². The van der Waals surface area contributed by atoms with Gasteiger partial charge in [0.1, 0.15) is 17.4 Å². The Kier molecular flexibility index (Phi) is 4.93. The molecule has 0 saturated heterocycles. The molecule has 100 valence electrons. The summed E-state index contributed by atoms with van der Waals surface area (Å²) < 4.78 is 18.5. The molecule has 0 bridgehead atoms. The Hall–Kier alpha value is -1.40. The molecule has 19 heavy (non-hydrogen) atoms. The van der Waals surface area contributed by atoms with Gasteiger partial charge >= 0.3 is 0 Å². The average Bonchev–Trinajstić information content (AvgIpc) is 2.41. The summed E-state index contributed by atoms with van der Waals surface area (Å²) >= 11 is 3.35. The standard InChI is InChI=1S/C13H13BrN2O2S/c14-10-3-5-11(6-4-10)18-8-9-19(17)13-12(15)2-1-7-16-13/h1-7H,8-9,15H2. The predicted molar refractivity (Wildman–Crippen MR) is 79.6 cm³/mol. The van der Waals surface area contributed by atoms with E-state index < -0.39 is 10.8 Å². The van der Waals surface area contributed by atoms with Gasteiger partial charge in [-0.05, 0) is 36.4 Å². The number of rotatable bonds is 5. The summed E-state index contributed by atoms with van der Waals surface area (Å²) in [5.74, 6) is 1.10. The molecular formula is C13H13BrN2O2S. The molecule has 0 aliphatic carbocycles. The lowest BCUT2D eigenvalue weighted by Gasteiger charge is -2.07. The van der Waals surface area contributed by atoms with Crippen LogP contribution in [0.4, 0.5) is 5.69 Å². The minimum Gasteiger partial charge on any atom is -0.493 e. The monoisotopic (exact) mass is 340 g/mol. The fraction of sp³-hybridized carbons (Fsp3) is 0.154. The maximum absolute atomic E-state index is 12.0. The summed E-state index contributed by atoms with van der Waals surface area (Å²) in [6.07, 6.45) is 1.58. The molecule has 4 nitrogen and oxygen atoms in total. The largest absolute Gasteiger partial charge is 0.493 e. The molecule has 0 aliphatic heterocycles. The Morgan fingerprint density at radius 2 is 2.00 bits per heavy atom. The molecule has 0 aliphatic rings. The van der Waals surface area contributed by atoms with E-state index >= 15 is 0 Å². The summed E-state index contributed by atoms with van der Waals surface area (Å²) in [6, 6.07) is 10.9. The zero-order chi connectivity index (χ0) is 13.7. The predicted octanol–water partition coefficient (Wildman–Crippen LogP) is 2.61. The normalized spacial score (nSPS) is 12.1. The van der Waals surface area contributed by atoms with Crippen LogP contribution in [0.1, 0.15) is 0 Å². The van der Waals surface area contributed by atoms with Gasteiger partial charge in [-0.1, -0.05) is 15.9 Å². The maximum Gasteiger partial charge on any atom is 0.150 e. The van der Waals surface area contributed by atoms with Crippen LogP contribution >= 0.6 is 15.9 Å². The summed E-state index contributed by atoms with van der Waals surface area (Å²) in [6.45, 7) is 0.351. The third-order valence-electron chi connectivity index (χ3n) is 2.37. The van der Waals surface area contributed by atoms with Gasteiger partial charge in [0.25, 0.3) is 0 Å².